The average molecular weight is 294 g/mol. The molecule has 1 aliphatic rings. The van der Waals surface area contributed by atoms with Crippen LogP contribution in [0.5, 0.6) is 0 Å². The van der Waals surface area contributed by atoms with Crippen LogP contribution in [0.1, 0.15) is 31.4 Å². The Morgan fingerprint density at radius 2 is 2.15 bits per heavy atom. The van der Waals surface area contributed by atoms with Crippen molar-refractivity contribution in [3.63, 3.8) is 0 Å². The van der Waals surface area contributed by atoms with Crippen LogP contribution in [-0.2, 0) is 10.0 Å². The zero-order valence-corrected chi connectivity index (χ0v) is 11.9. The Balaban J connectivity index is 2.14. The topological polar surface area (TPSA) is 109 Å². The van der Waals surface area contributed by atoms with E-state index >= 15 is 0 Å². The van der Waals surface area contributed by atoms with E-state index in [2.05, 4.69) is 9.71 Å². The van der Waals surface area contributed by atoms with Crippen molar-refractivity contribution in [1.82, 2.24) is 9.71 Å². The number of nitriles is 1. The number of aromatic nitrogens is 1. The minimum Gasteiger partial charge on any atom is -0.329 e. The Bertz CT molecular complexity index is 586. The number of hydrogen-bond acceptors (Lipinski definition) is 5. The average Bonchev–Trinajstić information content (AvgIpc) is 2.99. The van der Waals surface area contributed by atoms with Crippen LogP contribution >= 0.6 is 0 Å². The molecule has 108 valence electrons. The lowest BCUT2D eigenvalue weighted by molar-refractivity contribution is 0.405. The van der Waals surface area contributed by atoms with Crippen molar-refractivity contribution in [2.45, 2.75) is 36.6 Å². The van der Waals surface area contributed by atoms with E-state index in [1.807, 2.05) is 6.07 Å². The van der Waals surface area contributed by atoms with Gasteiger partial charge in [0, 0.05) is 18.8 Å². The smallest absolute Gasteiger partial charge is 0.242 e. The van der Waals surface area contributed by atoms with Crippen molar-refractivity contribution in [3.05, 3.63) is 24.0 Å². The van der Waals surface area contributed by atoms with E-state index in [0.717, 1.165) is 25.7 Å². The van der Waals surface area contributed by atoms with E-state index in [9.17, 15) is 8.42 Å². The molecule has 0 bridgehead atoms. The highest BCUT2D eigenvalue weighted by Crippen LogP contribution is 2.28. The molecule has 1 saturated carbocycles. The van der Waals surface area contributed by atoms with E-state index in [1.54, 1.807) is 0 Å². The monoisotopic (exact) mass is 294 g/mol. The number of pyridine rings is 1. The molecule has 3 N–H and O–H groups in total. The van der Waals surface area contributed by atoms with Gasteiger partial charge in [0.05, 0.1) is 0 Å². The lowest BCUT2D eigenvalue weighted by Crippen LogP contribution is -2.44. The third kappa shape index (κ3) is 3.33. The highest BCUT2D eigenvalue weighted by Gasteiger charge is 2.28. The van der Waals surface area contributed by atoms with Gasteiger partial charge in [-0.1, -0.05) is 12.8 Å². The van der Waals surface area contributed by atoms with Crippen LogP contribution in [-0.4, -0.2) is 26.0 Å². The minimum absolute atomic E-state index is 0.0629. The molecule has 0 saturated heterocycles. The molecule has 20 heavy (non-hydrogen) atoms. The second-order valence-corrected chi connectivity index (χ2v) is 6.71. The molecule has 7 heteroatoms. The Labute approximate surface area is 119 Å². The molecular weight excluding hydrogens is 276 g/mol. The second-order valence-electron chi connectivity index (χ2n) is 5.00. The van der Waals surface area contributed by atoms with Gasteiger partial charge in [0.15, 0.2) is 0 Å². The molecule has 6 nitrogen and oxygen atoms in total. The zero-order chi connectivity index (χ0) is 14.6. The fourth-order valence-corrected chi connectivity index (χ4v) is 3.83. The van der Waals surface area contributed by atoms with Crippen LogP contribution in [0.25, 0.3) is 0 Å². The first kappa shape index (κ1) is 14.9. The summed E-state index contributed by atoms with van der Waals surface area (Å²) < 4.78 is 27.2. The number of nitrogens with two attached hydrogens (primary N) is 1. The molecule has 0 spiro atoms. The van der Waals surface area contributed by atoms with Gasteiger partial charge in [-0.25, -0.2) is 18.1 Å². The predicted molar refractivity (Wildman–Crippen MR) is 74.1 cm³/mol. The molecule has 0 radical (unpaired) electrons. The molecular formula is C13H18N4O2S. The van der Waals surface area contributed by atoms with Gasteiger partial charge in [-0.05, 0) is 30.9 Å². The van der Waals surface area contributed by atoms with Crippen molar-refractivity contribution in [2.75, 3.05) is 6.54 Å². The molecule has 1 aliphatic carbocycles. The summed E-state index contributed by atoms with van der Waals surface area (Å²) in [6.45, 7) is 0.285. The lowest BCUT2D eigenvalue weighted by Gasteiger charge is -2.22. The fraction of sp³-hybridized carbons (Fsp3) is 0.538. The normalized spacial score (nSPS) is 17.8. The lowest BCUT2D eigenvalue weighted by atomic mass is 9.99. The minimum atomic E-state index is -3.64. The number of hydrogen-bond donors (Lipinski definition) is 2. The summed E-state index contributed by atoms with van der Waals surface area (Å²) in [4.78, 5) is 3.85. The second kappa shape index (κ2) is 6.31. The van der Waals surface area contributed by atoms with Gasteiger partial charge in [0.1, 0.15) is 16.7 Å². The third-order valence-corrected chi connectivity index (χ3v) is 5.17. The van der Waals surface area contributed by atoms with Crippen molar-refractivity contribution in [2.24, 2.45) is 11.7 Å². The highest BCUT2D eigenvalue weighted by molar-refractivity contribution is 7.89. The standard InChI is InChI=1S/C13H18N4O2S/c14-7-11-5-6-12(9-16-11)20(18,19)17-13(8-15)10-3-1-2-4-10/h5-6,9-10,13,17H,1-4,8,15H2. The van der Waals surface area contributed by atoms with Gasteiger partial charge >= 0.3 is 0 Å². The maximum Gasteiger partial charge on any atom is 0.242 e. The molecule has 0 amide bonds. The predicted octanol–water partition coefficient (Wildman–Crippen LogP) is 0.749. The van der Waals surface area contributed by atoms with Crippen LogP contribution in [0.3, 0.4) is 0 Å². The van der Waals surface area contributed by atoms with Gasteiger partial charge in [-0.3, -0.25) is 0 Å². The number of nitrogens with zero attached hydrogens (tertiary/aromatic N) is 2. The molecule has 0 aromatic carbocycles. The maximum atomic E-state index is 12.3. The Morgan fingerprint density at radius 1 is 1.45 bits per heavy atom. The molecule has 1 heterocycles. The molecule has 1 fully saturated rings. The van der Waals surface area contributed by atoms with E-state index in [1.165, 1.54) is 18.3 Å². The molecule has 0 aliphatic heterocycles. The molecule has 1 aromatic heterocycles. The summed E-state index contributed by atoms with van der Waals surface area (Å²) in [5, 5.41) is 8.66. The Morgan fingerprint density at radius 3 is 2.65 bits per heavy atom. The van der Waals surface area contributed by atoms with Gasteiger partial charge in [-0.15, -0.1) is 0 Å². The number of nitrogens with one attached hydrogen (secondary N) is 1. The zero-order valence-electron chi connectivity index (χ0n) is 11.1. The highest BCUT2D eigenvalue weighted by atomic mass is 32.2. The summed E-state index contributed by atoms with van der Waals surface area (Å²) in [7, 11) is -3.64. The maximum absolute atomic E-state index is 12.3. The number of rotatable bonds is 5. The van der Waals surface area contributed by atoms with Crippen LogP contribution in [0.2, 0.25) is 0 Å². The van der Waals surface area contributed by atoms with Gasteiger partial charge < -0.3 is 5.73 Å². The Kier molecular flexibility index (Phi) is 4.70. The van der Waals surface area contributed by atoms with Gasteiger partial charge in [-0.2, -0.15) is 5.26 Å². The van der Waals surface area contributed by atoms with Crippen molar-refractivity contribution in [1.29, 1.82) is 5.26 Å². The van der Waals surface area contributed by atoms with Crippen molar-refractivity contribution < 1.29 is 8.42 Å². The first-order valence-corrected chi connectivity index (χ1v) is 8.13. The van der Waals surface area contributed by atoms with Crippen molar-refractivity contribution >= 4 is 10.0 Å². The van der Waals surface area contributed by atoms with E-state index < -0.39 is 10.0 Å². The molecule has 2 rings (SSSR count). The fourth-order valence-electron chi connectivity index (χ4n) is 2.57. The number of sulfonamides is 1. The molecule has 1 atom stereocenters. The summed E-state index contributed by atoms with van der Waals surface area (Å²) >= 11 is 0. The SMILES string of the molecule is N#Cc1ccc(S(=O)(=O)NC(CN)C2CCCC2)cn1. The van der Waals surface area contributed by atoms with E-state index in [0.29, 0.717) is 5.92 Å². The quantitative estimate of drug-likeness (QED) is 0.833. The van der Waals surface area contributed by atoms with E-state index in [4.69, 9.17) is 11.0 Å². The summed E-state index contributed by atoms with van der Waals surface area (Å²) in [6.07, 6.45) is 5.47. The summed E-state index contributed by atoms with van der Waals surface area (Å²) in [5.41, 5.74) is 5.89. The van der Waals surface area contributed by atoms with Crippen LogP contribution < -0.4 is 10.5 Å². The largest absolute Gasteiger partial charge is 0.329 e. The van der Waals surface area contributed by atoms with Crippen LogP contribution in [0, 0.1) is 17.2 Å². The van der Waals surface area contributed by atoms with Crippen LogP contribution in [0.15, 0.2) is 23.2 Å². The summed E-state index contributed by atoms with van der Waals surface area (Å²) in [5.74, 6) is 0.307. The third-order valence-electron chi connectivity index (χ3n) is 3.69. The van der Waals surface area contributed by atoms with Gasteiger partial charge in [0.25, 0.3) is 0 Å². The molecule has 1 aromatic rings. The Hall–Kier alpha value is -1.49. The summed E-state index contributed by atoms with van der Waals surface area (Å²) in [6, 6.07) is 4.39. The van der Waals surface area contributed by atoms with E-state index in [-0.39, 0.29) is 23.2 Å². The van der Waals surface area contributed by atoms with Gasteiger partial charge in [0.2, 0.25) is 10.0 Å². The van der Waals surface area contributed by atoms with Crippen molar-refractivity contribution in [3.8, 4) is 6.07 Å². The molecule has 1 unspecified atom stereocenters. The first-order chi connectivity index (χ1) is 9.56. The van der Waals surface area contributed by atoms with Crippen LogP contribution in [0.4, 0.5) is 0 Å². The first-order valence-electron chi connectivity index (χ1n) is 6.65.